The van der Waals surface area contributed by atoms with Crippen LogP contribution in [-0.4, -0.2) is 64.9 Å². The largest absolute Gasteiger partial charge is 0.493 e. The molecule has 2 N–H and O–H groups in total. The number of nitrogens with zero attached hydrogens (tertiary/aromatic N) is 4. The van der Waals surface area contributed by atoms with Gasteiger partial charge in [-0.15, -0.1) is 0 Å². The van der Waals surface area contributed by atoms with Gasteiger partial charge in [0.15, 0.2) is 0 Å². The van der Waals surface area contributed by atoms with E-state index < -0.39 is 10.0 Å². The van der Waals surface area contributed by atoms with Crippen molar-refractivity contribution in [3.8, 4) is 17.1 Å². The number of carbonyl (C=O) groups excluding carboxylic acids is 1. The van der Waals surface area contributed by atoms with Crippen LogP contribution >= 0.6 is 0 Å². The van der Waals surface area contributed by atoms with Gasteiger partial charge in [-0.05, 0) is 67.5 Å². The summed E-state index contributed by atoms with van der Waals surface area (Å²) < 4.78 is 29.4. The Morgan fingerprint density at radius 2 is 1.67 bits per heavy atom. The fourth-order valence-electron chi connectivity index (χ4n) is 6.07. The molecule has 3 aromatic carbocycles. The maximum Gasteiger partial charge on any atom is 0.264 e. The fraction of sp³-hybridized carbons (Fsp3) is 0.343. The quantitative estimate of drug-likeness (QED) is 0.233. The molecule has 45 heavy (non-hydrogen) atoms. The van der Waals surface area contributed by atoms with E-state index >= 15 is 0 Å². The van der Waals surface area contributed by atoms with E-state index in [0.717, 1.165) is 42.6 Å². The number of rotatable bonds is 9. The molecule has 0 bridgehead atoms. The molecule has 1 atom stereocenters. The van der Waals surface area contributed by atoms with E-state index in [1.807, 2.05) is 55.1 Å². The number of nitrogens with one attached hydrogen (secondary N) is 1. The van der Waals surface area contributed by atoms with Crippen LogP contribution in [0.3, 0.4) is 0 Å². The van der Waals surface area contributed by atoms with Crippen LogP contribution in [0.2, 0.25) is 0 Å². The summed E-state index contributed by atoms with van der Waals surface area (Å²) in [6, 6.07) is 23.8. The number of hydrogen-bond donors (Lipinski definition) is 2. The van der Waals surface area contributed by atoms with E-state index in [-0.39, 0.29) is 28.7 Å². The third-order valence-electron chi connectivity index (χ3n) is 8.15. The molecule has 2 heterocycles. The number of hydrogen-bond acceptors (Lipinski definition) is 7. The minimum absolute atomic E-state index is 0.0897. The summed E-state index contributed by atoms with van der Waals surface area (Å²) in [6.07, 6.45) is 1.77. The van der Waals surface area contributed by atoms with Crippen LogP contribution in [0.25, 0.3) is 11.3 Å². The number of aromatic hydroxyl groups is 1. The number of benzene rings is 3. The zero-order valence-electron chi connectivity index (χ0n) is 26.3. The van der Waals surface area contributed by atoms with E-state index in [1.165, 1.54) is 23.8 Å². The Balaban J connectivity index is 1.36. The first kappa shape index (κ1) is 32.1. The molecule has 0 unspecified atom stereocenters. The molecule has 0 saturated carbocycles. The van der Waals surface area contributed by atoms with E-state index in [0.29, 0.717) is 30.3 Å². The number of sulfonamides is 1. The Morgan fingerprint density at radius 3 is 2.38 bits per heavy atom. The molecule has 0 radical (unpaired) electrons. The average Bonchev–Trinajstić information content (AvgIpc) is 3.18. The van der Waals surface area contributed by atoms with Gasteiger partial charge in [-0.2, -0.15) is 4.98 Å². The Labute approximate surface area is 266 Å². The van der Waals surface area contributed by atoms with Gasteiger partial charge in [0, 0.05) is 49.4 Å². The summed E-state index contributed by atoms with van der Waals surface area (Å²) in [4.78, 5) is 26.4. The van der Waals surface area contributed by atoms with Gasteiger partial charge >= 0.3 is 0 Å². The summed E-state index contributed by atoms with van der Waals surface area (Å²) >= 11 is 0. The van der Waals surface area contributed by atoms with Gasteiger partial charge in [-0.3, -0.25) is 9.69 Å². The predicted molar refractivity (Wildman–Crippen MR) is 176 cm³/mol. The van der Waals surface area contributed by atoms with Crippen molar-refractivity contribution in [2.45, 2.75) is 58.0 Å². The maximum atomic E-state index is 13.8. The highest BCUT2D eigenvalue weighted by molar-refractivity contribution is 7.92. The highest BCUT2D eigenvalue weighted by Gasteiger charge is 2.29. The summed E-state index contributed by atoms with van der Waals surface area (Å²) in [7, 11) is -4.18. The zero-order valence-corrected chi connectivity index (χ0v) is 27.1. The van der Waals surface area contributed by atoms with Crippen molar-refractivity contribution in [1.29, 1.82) is 0 Å². The first-order valence-electron chi connectivity index (χ1n) is 15.3. The second kappa shape index (κ2) is 13.8. The second-order valence-electron chi connectivity index (χ2n) is 12.2. The van der Waals surface area contributed by atoms with Gasteiger partial charge in [0.1, 0.15) is 0 Å². The Kier molecular flexibility index (Phi) is 9.84. The van der Waals surface area contributed by atoms with Gasteiger partial charge in [-0.25, -0.2) is 18.1 Å². The van der Waals surface area contributed by atoms with Crippen LogP contribution in [0.5, 0.6) is 5.88 Å². The number of carbonyl (C=O) groups is 1. The van der Waals surface area contributed by atoms with Crippen molar-refractivity contribution in [3.63, 3.8) is 0 Å². The zero-order chi connectivity index (χ0) is 32.1. The topological polar surface area (TPSA) is 116 Å². The van der Waals surface area contributed by atoms with Gasteiger partial charge in [-0.1, -0.05) is 68.4 Å². The number of aryl methyl sites for hydroxylation is 2. The van der Waals surface area contributed by atoms with Gasteiger partial charge in [0.05, 0.1) is 10.6 Å². The highest BCUT2D eigenvalue weighted by atomic mass is 32.2. The average molecular weight is 628 g/mol. The van der Waals surface area contributed by atoms with Crippen molar-refractivity contribution in [1.82, 2.24) is 19.8 Å². The van der Waals surface area contributed by atoms with Crippen LogP contribution in [0.4, 0.5) is 5.95 Å². The van der Waals surface area contributed by atoms with Gasteiger partial charge < -0.3 is 10.0 Å². The molecule has 0 aliphatic carbocycles. The monoisotopic (exact) mass is 627 g/mol. The summed E-state index contributed by atoms with van der Waals surface area (Å²) in [5, 5.41) is 10.3. The van der Waals surface area contributed by atoms with Crippen molar-refractivity contribution >= 4 is 21.9 Å². The molecule has 1 aromatic heterocycles. The predicted octanol–water partition coefficient (Wildman–Crippen LogP) is 6.03. The van der Waals surface area contributed by atoms with Crippen LogP contribution in [0.15, 0.2) is 83.8 Å². The number of amides is 1. The van der Waals surface area contributed by atoms with Crippen LogP contribution in [-0.2, 0) is 16.6 Å². The summed E-state index contributed by atoms with van der Waals surface area (Å²) in [5.41, 5.74) is 4.59. The maximum absolute atomic E-state index is 13.8. The lowest BCUT2D eigenvalue weighted by Crippen LogP contribution is -2.43. The molecule has 4 aromatic rings. The van der Waals surface area contributed by atoms with Crippen LogP contribution in [0.1, 0.15) is 53.7 Å². The summed E-state index contributed by atoms with van der Waals surface area (Å²) in [5.74, 6) is -0.360. The minimum Gasteiger partial charge on any atom is -0.493 e. The van der Waals surface area contributed by atoms with Crippen molar-refractivity contribution in [3.05, 3.63) is 101 Å². The molecule has 1 amide bonds. The van der Waals surface area contributed by atoms with E-state index in [1.54, 1.807) is 12.1 Å². The molecule has 5 rings (SSSR count). The molecular weight excluding hydrogens is 586 g/mol. The van der Waals surface area contributed by atoms with Crippen molar-refractivity contribution in [2.75, 3.05) is 24.4 Å². The molecule has 9 nitrogen and oxygen atoms in total. The minimum atomic E-state index is -4.18. The lowest BCUT2D eigenvalue weighted by atomic mass is 10.00. The smallest absolute Gasteiger partial charge is 0.264 e. The van der Waals surface area contributed by atoms with E-state index in [9.17, 15) is 18.3 Å². The van der Waals surface area contributed by atoms with E-state index in [2.05, 4.69) is 45.6 Å². The summed E-state index contributed by atoms with van der Waals surface area (Å²) in [6.45, 7) is 11.1. The molecule has 0 spiro atoms. The highest BCUT2D eigenvalue weighted by Crippen LogP contribution is 2.29. The van der Waals surface area contributed by atoms with E-state index in [4.69, 9.17) is 0 Å². The fourth-order valence-corrected chi connectivity index (χ4v) is 7.06. The van der Waals surface area contributed by atoms with Crippen LogP contribution < -0.4 is 4.72 Å². The standard InChI is InChI=1S/C35H41N5O4S/c1-24(2)19-29-23-40(18-10-17-39(29)22-27-13-6-5-7-14-27)34(42)28-15-9-16-30(20-28)45(43,44)38-35-36-31(21-32(41)37-35)33-25(3)11-8-12-26(33)4/h5-9,11-16,20-21,24,29H,10,17-19,22-23H2,1-4H3,(H2,36,37,38,41)/t29-/m0/s1. The Bertz CT molecular complexity index is 1740. The first-order chi connectivity index (χ1) is 21.5. The number of anilines is 1. The molecular formula is C35H41N5O4S. The number of aromatic nitrogens is 2. The molecule has 1 aliphatic heterocycles. The van der Waals surface area contributed by atoms with Crippen LogP contribution in [0, 0.1) is 19.8 Å². The van der Waals surface area contributed by atoms with Crippen molar-refractivity contribution < 1.29 is 18.3 Å². The SMILES string of the molecule is Cc1cccc(C)c1-c1cc(O)nc(NS(=O)(=O)c2cccc(C(=O)N3CCCN(Cc4ccccc4)[C@@H](CC(C)C)C3)c2)n1. The van der Waals surface area contributed by atoms with Gasteiger partial charge in [0.25, 0.3) is 15.9 Å². The Hall–Kier alpha value is -4.28. The molecule has 1 fully saturated rings. The molecule has 1 aliphatic rings. The first-order valence-corrected chi connectivity index (χ1v) is 16.8. The second-order valence-corrected chi connectivity index (χ2v) is 13.9. The van der Waals surface area contributed by atoms with Gasteiger partial charge in [0.2, 0.25) is 11.8 Å². The molecule has 10 heteroatoms. The third-order valence-corrected chi connectivity index (χ3v) is 9.47. The normalized spacial score (nSPS) is 16.0. The molecule has 1 saturated heterocycles. The Morgan fingerprint density at radius 1 is 0.956 bits per heavy atom. The lowest BCUT2D eigenvalue weighted by molar-refractivity contribution is 0.0718. The lowest BCUT2D eigenvalue weighted by Gasteiger charge is -2.33. The molecule has 236 valence electrons. The third kappa shape index (κ3) is 7.87. The van der Waals surface area contributed by atoms with Crippen molar-refractivity contribution in [2.24, 2.45) is 5.92 Å².